The second-order valence-electron chi connectivity index (χ2n) is 9.22. The van der Waals surface area contributed by atoms with Crippen LogP contribution in [0.5, 0.6) is 0 Å². The molecule has 0 aromatic heterocycles. The van der Waals surface area contributed by atoms with Crippen molar-refractivity contribution in [3.8, 4) is 11.1 Å². The molecule has 4 rings (SSSR count). The van der Waals surface area contributed by atoms with Crippen LogP contribution in [0.3, 0.4) is 0 Å². The monoisotopic (exact) mass is 480 g/mol. The summed E-state index contributed by atoms with van der Waals surface area (Å²) in [6.45, 7) is 4.43. The number of carboxylic acids is 1. The highest BCUT2D eigenvalue weighted by Crippen LogP contribution is 2.44. The number of hydrogen-bond acceptors (Lipinski definition) is 5. The first-order valence-electron chi connectivity index (χ1n) is 12.1. The molecule has 186 valence electrons. The number of benzene rings is 2. The third-order valence-electron chi connectivity index (χ3n) is 7.03. The number of hydrogen-bond donors (Lipinski definition) is 2. The van der Waals surface area contributed by atoms with Gasteiger partial charge in [0, 0.05) is 25.6 Å². The Hall–Kier alpha value is -3.39. The van der Waals surface area contributed by atoms with Gasteiger partial charge in [0.15, 0.2) is 0 Å². The molecule has 2 unspecified atom stereocenters. The van der Waals surface area contributed by atoms with Gasteiger partial charge in [-0.15, -0.1) is 0 Å². The first-order chi connectivity index (χ1) is 16.8. The molecule has 1 saturated heterocycles. The molecule has 1 fully saturated rings. The molecule has 8 nitrogen and oxygen atoms in total. The fraction of sp³-hybridized carbons (Fsp3) is 0.444. The third-order valence-corrected chi connectivity index (χ3v) is 7.03. The quantitative estimate of drug-likeness (QED) is 0.566. The Morgan fingerprint density at radius 3 is 2.34 bits per heavy atom. The molecule has 2 amide bonds. The summed E-state index contributed by atoms with van der Waals surface area (Å²) in [6, 6.07) is 16.2. The van der Waals surface area contributed by atoms with E-state index < -0.39 is 23.7 Å². The van der Waals surface area contributed by atoms with E-state index >= 15 is 0 Å². The Balaban J connectivity index is 1.33. The molecule has 2 aliphatic rings. The first kappa shape index (κ1) is 24.7. The maximum atomic E-state index is 12.9. The number of alkyl carbamates (subject to hydrolysis) is 1. The van der Waals surface area contributed by atoms with Gasteiger partial charge in [-0.2, -0.15) is 0 Å². The number of amides is 2. The van der Waals surface area contributed by atoms with E-state index in [4.69, 9.17) is 9.47 Å². The van der Waals surface area contributed by atoms with Gasteiger partial charge in [-0.05, 0) is 48.9 Å². The summed E-state index contributed by atoms with van der Waals surface area (Å²) in [7, 11) is 0. The Morgan fingerprint density at radius 1 is 1.11 bits per heavy atom. The average Bonchev–Trinajstić information content (AvgIpc) is 3.40. The van der Waals surface area contributed by atoms with Crippen LogP contribution >= 0.6 is 0 Å². The van der Waals surface area contributed by atoms with Crippen LogP contribution in [-0.2, 0) is 19.1 Å². The Labute approximate surface area is 205 Å². The lowest BCUT2D eigenvalue weighted by atomic mass is 9.98. The van der Waals surface area contributed by atoms with E-state index in [0.717, 1.165) is 22.3 Å². The predicted octanol–water partition coefficient (Wildman–Crippen LogP) is 3.79. The fourth-order valence-corrected chi connectivity index (χ4v) is 5.16. The number of fused-ring (bicyclic) bond motifs is 3. The van der Waals surface area contributed by atoms with Gasteiger partial charge >= 0.3 is 12.1 Å². The number of nitrogens with zero attached hydrogens (tertiary/aromatic N) is 1. The van der Waals surface area contributed by atoms with Crippen molar-refractivity contribution in [1.82, 2.24) is 10.2 Å². The normalized spacial score (nSPS) is 19.7. The van der Waals surface area contributed by atoms with Crippen molar-refractivity contribution >= 4 is 18.0 Å². The molecule has 35 heavy (non-hydrogen) atoms. The van der Waals surface area contributed by atoms with Gasteiger partial charge < -0.3 is 24.8 Å². The van der Waals surface area contributed by atoms with E-state index in [1.54, 1.807) is 6.92 Å². The first-order valence-corrected chi connectivity index (χ1v) is 12.1. The zero-order chi connectivity index (χ0) is 25.0. The molecule has 0 saturated carbocycles. The second kappa shape index (κ2) is 10.5. The Kier molecular flexibility index (Phi) is 7.40. The van der Waals surface area contributed by atoms with Crippen molar-refractivity contribution < 1.29 is 29.0 Å². The number of carbonyl (C=O) groups excluding carboxylic acids is 2. The van der Waals surface area contributed by atoms with Gasteiger partial charge in [0.05, 0.1) is 12.5 Å². The number of ether oxygens (including phenoxy) is 2. The largest absolute Gasteiger partial charge is 0.480 e. The summed E-state index contributed by atoms with van der Waals surface area (Å²) in [5.41, 5.74) is 3.37. The molecule has 1 aliphatic heterocycles. The van der Waals surface area contributed by atoms with E-state index in [9.17, 15) is 19.5 Å². The lowest BCUT2D eigenvalue weighted by Crippen LogP contribution is -2.52. The van der Waals surface area contributed by atoms with Crippen molar-refractivity contribution in [3.63, 3.8) is 0 Å². The van der Waals surface area contributed by atoms with E-state index in [-0.39, 0.29) is 31.4 Å². The van der Waals surface area contributed by atoms with Crippen LogP contribution in [-0.4, -0.2) is 65.9 Å². The minimum absolute atomic E-state index is 0.0135. The molecule has 2 aromatic rings. The van der Waals surface area contributed by atoms with Crippen molar-refractivity contribution in [3.05, 3.63) is 59.7 Å². The van der Waals surface area contributed by atoms with E-state index in [0.29, 0.717) is 26.0 Å². The molecule has 0 radical (unpaired) electrons. The third kappa shape index (κ3) is 5.03. The van der Waals surface area contributed by atoms with E-state index in [1.807, 2.05) is 31.2 Å². The van der Waals surface area contributed by atoms with Gasteiger partial charge in [-0.1, -0.05) is 48.5 Å². The Morgan fingerprint density at radius 2 is 1.74 bits per heavy atom. The van der Waals surface area contributed by atoms with E-state index in [1.165, 1.54) is 4.90 Å². The van der Waals surface area contributed by atoms with Crippen molar-refractivity contribution in [1.29, 1.82) is 0 Å². The van der Waals surface area contributed by atoms with Gasteiger partial charge in [0.1, 0.15) is 12.1 Å². The molecular weight excluding hydrogens is 448 g/mol. The van der Waals surface area contributed by atoms with Crippen LogP contribution in [0.25, 0.3) is 11.1 Å². The molecule has 2 N–H and O–H groups in total. The standard InChI is InChI=1S/C27H32N2O6/c1-3-34-18(15-24(30)29-14-8-13-27(29,2)25(31)32)16-28-26(33)35-17-23-21-11-6-4-9-19(21)20-10-5-7-12-22(20)23/h4-7,9-12,18,23H,3,8,13-17H2,1-2H3,(H,28,33)(H,31,32). The lowest BCUT2D eigenvalue weighted by molar-refractivity contribution is -0.156. The smallest absolute Gasteiger partial charge is 0.407 e. The van der Waals surface area contributed by atoms with Crippen LogP contribution in [0, 0.1) is 0 Å². The van der Waals surface area contributed by atoms with Crippen LogP contribution in [0.15, 0.2) is 48.5 Å². The summed E-state index contributed by atoms with van der Waals surface area (Å²) in [5.74, 6) is -1.34. The molecule has 0 spiro atoms. The fourth-order valence-electron chi connectivity index (χ4n) is 5.16. The maximum absolute atomic E-state index is 12.9. The van der Waals surface area contributed by atoms with Crippen LogP contribution in [0.2, 0.25) is 0 Å². The summed E-state index contributed by atoms with van der Waals surface area (Å²) in [6.07, 6.45) is -0.107. The second-order valence-corrected chi connectivity index (χ2v) is 9.22. The number of aliphatic carboxylic acids is 1. The number of nitrogens with one attached hydrogen (secondary N) is 1. The summed E-state index contributed by atoms with van der Waals surface area (Å²) in [4.78, 5) is 38.5. The number of likely N-dealkylation sites (tertiary alicyclic amines) is 1. The van der Waals surface area contributed by atoms with Crippen molar-refractivity contribution in [2.24, 2.45) is 0 Å². The zero-order valence-electron chi connectivity index (χ0n) is 20.2. The highest BCUT2D eigenvalue weighted by molar-refractivity contribution is 5.87. The molecule has 2 atom stereocenters. The van der Waals surface area contributed by atoms with Crippen molar-refractivity contribution in [2.45, 2.75) is 50.7 Å². The van der Waals surface area contributed by atoms with Gasteiger partial charge in [0.2, 0.25) is 5.91 Å². The maximum Gasteiger partial charge on any atom is 0.407 e. The number of carboxylic acid groups (broad SMARTS) is 1. The molecular formula is C27H32N2O6. The molecule has 8 heteroatoms. The SMILES string of the molecule is CCOC(CNC(=O)OCC1c2ccccc2-c2ccccc21)CC(=O)N1CCCC1(C)C(=O)O. The van der Waals surface area contributed by atoms with Crippen LogP contribution < -0.4 is 5.32 Å². The summed E-state index contributed by atoms with van der Waals surface area (Å²) >= 11 is 0. The summed E-state index contributed by atoms with van der Waals surface area (Å²) < 4.78 is 11.2. The van der Waals surface area contributed by atoms with Crippen molar-refractivity contribution in [2.75, 3.05) is 26.3 Å². The van der Waals surface area contributed by atoms with Crippen LogP contribution in [0.1, 0.15) is 50.2 Å². The van der Waals surface area contributed by atoms with Gasteiger partial charge in [-0.3, -0.25) is 4.79 Å². The minimum atomic E-state index is -1.20. The number of rotatable bonds is 9. The zero-order valence-corrected chi connectivity index (χ0v) is 20.2. The highest BCUT2D eigenvalue weighted by Gasteiger charge is 2.46. The summed E-state index contributed by atoms with van der Waals surface area (Å²) in [5, 5.41) is 12.3. The highest BCUT2D eigenvalue weighted by atomic mass is 16.5. The minimum Gasteiger partial charge on any atom is -0.480 e. The lowest BCUT2D eigenvalue weighted by Gasteiger charge is -2.32. The molecule has 0 bridgehead atoms. The van der Waals surface area contributed by atoms with Gasteiger partial charge in [-0.25, -0.2) is 9.59 Å². The molecule has 1 aliphatic carbocycles. The average molecular weight is 481 g/mol. The Bertz CT molecular complexity index is 1060. The molecule has 1 heterocycles. The molecule has 2 aromatic carbocycles. The predicted molar refractivity (Wildman–Crippen MR) is 130 cm³/mol. The topological polar surface area (TPSA) is 105 Å². The van der Waals surface area contributed by atoms with Crippen LogP contribution in [0.4, 0.5) is 4.79 Å². The van der Waals surface area contributed by atoms with E-state index in [2.05, 4.69) is 29.6 Å². The van der Waals surface area contributed by atoms with Gasteiger partial charge in [0.25, 0.3) is 0 Å². The number of carbonyl (C=O) groups is 3.